The smallest absolute Gasteiger partial charge is 0.338 e. The van der Waals surface area contributed by atoms with E-state index in [9.17, 15) is 18.0 Å². The number of para-hydroxylation sites is 3. The minimum atomic E-state index is -3.89. The van der Waals surface area contributed by atoms with E-state index in [1.165, 1.54) is 38.4 Å². The highest BCUT2D eigenvalue weighted by Crippen LogP contribution is 2.31. The van der Waals surface area contributed by atoms with Gasteiger partial charge in [-0.25, -0.2) is 13.2 Å². The summed E-state index contributed by atoms with van der Waals surface area (Å²) in [6.45, 7) is 0.145. The van der Waals surface area contributed by atoms with E-state index in [0.29, 0.717) is 18.0 Å². The van der Waals surface area contributed by atoms with Crippen molar-refractivity contribution in [2.24, 2.45) is 0 Å². The molecule has 0 unspecified atom stereocenters. The molecule has 4 rings (SSSR count). The van der Waals surface area contributed by atoms with E-state index in [0.717, 1.165) is 22.0 Å². The lowest BCUT2D eigenvalue weighted by Gasteiger charge is -2.21. The molecule has 0 aromatic heterocycles. The van der Waals surface area contributed by atoms with Crippen LogP contribution in [0.5, 0.6) is 5.75 Å². The predicted molar refractivity (Wildman–Crippen MR) is 128 cm³/mol. The summed E-state index contributed by atoms with van der Waals surface area (Å²) in [5.74, 6) is -0.599. The molecule has 0 saturated carbocycles. The van der Waals surface area contributed by atoms with Crippen molar-refractivity contribution < 1.29 is 27.5 Å². The topological polar surface area (TPSA) is 93.2 Å². The van der Waals surface area contributed by atoms with Crippen LogP contribution in [0.15, 0.2) is 77.7 Å². The lowest BCUT2D eigenvalue weighted by molar-refractivity contribution is -0.121. The average Bonchev–Trinajstić information content (AvgIpc) is 3.31. The first-order chi connectivity index (χ1) is 16.3. The lowest BCUT2D eigenvalue weighted by atomic mass is 10.2. The quantitative estimate of drug-likeness (QED) is 0.482. The van der Waals surface area contributed by atoms with Crippen LogP contribution in [0, 0.1) is 0 Å². The molecule has 0 atom stereocenters. The molecular formula is C25H24N2O6S. The highest BCUT2D eigenvalue weighted by molar-refractivity contribution is 7.92. The molecule has 9 heteroatoms. The number of benzene rings is 3. The number of carbonyl (C=O) groups excluding carboxylic acids is 2. The van der Waals surface area contributed by atoms with E-state index in [-0.39, 0.29) is 16.4 Å². The van der Waals surface area contributed by atoms with Gasteiger partial charge in [0, 0.05) is 19.3 Å². The first-order valence-corrected chi connectivity index (χ1v) is 12.0. The predicted octanol–water partition coefficient (Wildman–Crippen LogP) is 3.27. The molecule has 1 aliphatic heterocycles. The molecule has 3 aromatic carbocycles. The largest absolute Gasteiger partial charge is 0.495 e. The van der Waals surface area contributed by atoms with E-state index in [1.807, 2.05) is 24.3 Å². The second kappa shape index (κ2) is 9.56. The van der Waals surface area contributed by atoms with E-state index >= 15 is 0 Å². The van der Waals surface area contributed by atoms with Crippen molar-refractivity contribution in [3.8, 4) is 5.75 Å². The van der Waals surface area contributed by atoms with Crippen molar-refractivity contribution in [2.45, 2.75) is 11.3 Å². The summed E-state index contributed by atoms with van der Waals surface area (Å²) in [4.78, 5) is 26.6. The molecule has 176 valence electrons. The first-order valence-electron chi connectivity index (χ1n) is 10.6. The molecule has 0 radical (unpaired) electrons. The number of anilines is 2. The second-order valence-electron chi connectivity index (χ2n) is 7.67. The summed E-state index contributed by atoms with van der Waals surface area (Å²) in [5.41, 5.74) is 2.44. The molecule has 8 nitrogen and oxygen atoms in total. The molecule has 1 amide bonds. The van der Waals surface area contributed by atoms with E-state index in [1.54, 1.807) is 29.2 Å². The van der Waals surface area contributed by atoms with Crippen molar-refractivity contribution in [1.29, 1.82) is 0 Å². The van der Waals surface area contributed by atoms with E-state index in [4.69, 9.17) is 9.47 Å². The molecule has 0 bridgehead atoms. The Bertz CT molecular complexity index is 1320. The number of ether oxygens (including phenoxy) is 2. The summed E-state index contributed by atoms with van der Waals surface area (Å²) < 4.78 is 37.6. The third-order valence-electron chi connectivity index (χ3n) is 5.69. The van der Waals surface area contributed by atoms with Gasteiger partial charge in [0.05, 0.1) is 23.3 Å². The van der Waals surface area contributed by atoms with Gasteiger partial charge in [0.2, 0.25) is 0 Å². The highest BCUT2D eigenvalue weighted by atomic mass is 32.2. The van der Waals surface area contributed by atoms with Gasteiger partial charge in [-0.05, 0) is 54.4 Å². The zero-order valence-corrected chi connectivity index (χ0v) is 19.6. The van der Waals surface area contributed by atoms with Crippen molar-refractivity contribution in [3.05, 3.63) is 83.9 Å². The standard InChI is InChI=1S/C25H24N2O6S/c1-26(22-9-5-6-10-23(22)32-2)34(30,31)20-13-11-19(12-14-20)25(29)33-17-24(28)27-16-15-18-7-3-4-8-21(18)27/h3-14H,15-17H2,1-2H3. The fourth-order valence-electron chi connectivity index (χ4n) is 3.83. The van der Waals surface area contributed by atoms with Gasteiger partial charge in [0.1, 0.15) is 5.75 Å². The van der Waals surface area contributed by atoms with Gasteiger partial charge in [-0.15, -0.1) is 0 Å². The number of carbonyl (C=O) groups is 2. The summed E-state index contributed by atoms with van der Waals surface area (Å²) in [6, 6.07) is 19.8. The summed E-state index contributed by atoms with van der Waals surface area (Å²) in [6.07, 6.45) is 0.759. The van der Waals surface area contributed by atoms with Crippen LogP contribution < -0.4 is 13.9 Å². The molecule has 1 aliphatic rings. The highest BCUT2D eigenvalue weighted by Gasteiger charge is 2.26. The Balaban J connectivity index is 1.42. The number of nitrogens with zero attached hydrogens (tertiary/aromatic N) is 2. The molecule has 34 heavy (non-hydrogen) atoms. The minimum Gasteiger partial charge on any atom is -0.495 e. The van der Waals surface area contributed by atoms with Crippen molar-refractivity contribution >= 4 is 33.3 Å². The molecule has 0 N–H and O–H groups in total. The number of hydrogen-bond donors (Lipinski definition) is 0. The SMILES string of the molecule is COc1ccccc1N(C)S(=O)(=O)c1ccc(C(=O)OCC(=O)N2CCc3ccccc32)cc1. The van der Waals surface area contributed by atoms with Crippen LogP contribution in [-0.4, -0.2) is 47.6 Å². The van der Waals surface area contributed by atoms with Crippen LogP contribution in [0.2, 0.25) is 0 Å². The third kappa shape index (κ3) is 4.47. The molecule has 3 aromatic rings. The fraction of sp³-hybridized carbons (Fsp3) is 0.200. The van der Waals surface area contributed by atoms with Crippen LogP contribution in [0.3, 0.4) is 0 Å². The Labute approximate surface area is 198 Å². The van der Waals surface area contributed by atoms with Crippen LogP contribution >= 0.6 is 0 Å². The average molecular weight is 481 g/mol. The second-order valence-corrected chi connectivity index (χ2v) is 9.64. The van der Waals surface area contributed by atoms with Crippen molar-refractivity contribution in [3.63, 3.8) is 0 Å². The fourth-order valence-corrected chi connectivity index (χ4v) is 5.03. The van der Waals surface area contributed by atoms with Gasteiger partial charge in [-0.2, -0.15) is 0 Å². The van der Waals surface area contributed by atoms with Gasteiger partial charge in [-0.1, -0.05) is 30.3 Å². The monoisotopic (exact) mass is 480 g/mol. The van der Waals surface area contributed by atoms with E-state index < -0.39 is 22.6 Å². The molecule has 1 heterocycles. The van der Waals surface area contributed by atoms with Gasteiger partial charge >= 0.3 is 5.97 Å². The van der Waals surface area contributed by atoms with Gasteiger partial charge < -0.3 is 14.4 Å². The number of rotatable bonds is 7. The number of sulfonamides is 1. The molecule has 0 fully saturated rings. The lowest BCUT2D eigenvalue weighted by Crippen LogP contribution is -2.33. The summed E-state index contributed by atoms with van der Waals surface area (Å²) >= 11 is 0. The normalized spacial score (nSPS) is 12.7. The number of amides is 1. The summed E-state index contributed by atoms with van der Waals surface area (Å²) in [7, 11) is -0.999. The molecule has 0 aliphatic carbocycles. The summed E-state index contributed by atoms with van der Waals surface area (Å²) in [5, 5.41) is 0. The Hall–Kier alpha value is -3.85. The van der Waals surface area contributed by atoms with Gasteiger partial charge in [0.15, 0.2) is 6.61 Å². The maximum Gasteiger partial charge on any atom is 0.338 e. The van der Waals surface area contributed by atoms with E-state index in [2.05, 4.69) is 0 Å². The van der Waals surface area contributed by atoms with Gasteiger partial charge in [0.25, 0.3) is 15.9 Å². The maximum atomic E-state index is 13.0. The van der Waals surface area contributed by atoms with Crippen molar-refractivity contribution in [1.82, 2.24) is 0 Å². The van der Waals surface area contributed by atoms with Crippen LogP contribution in [0.1, 0.15) is 15.9 Å². The van der Waals surface area contributed by atoms with Crippen LogP contribution in [0.4, 0.5) is 11.4 Å². The first kappa shape index (κ1) is 23.3. The number of methoxy groups -OCH3 is 1. The maximum absolute atomic E-state index is 13.0. The minimum absolute atomic E-state index is 0.00204. The molecular weight excluding hydrogens is 456 g/mol. The molecule has 0 spiro atoms. The number of esters is 1. The third-order valence-corrected chi connectivity index (χ3v) is 7.47. The van der Waals surface area contributed by atoms with Gasteiger partial charge in [-0.3, -0.25) is 9.10 Å². The number of fused-ring (bicyclic) bond motifs is 1. The zero-order valence-electron chi connectivity index (χ0n) is 18.8. The van der Waals surface area contributed by atoms with Crippen LogP contribution in [-0.2, 0) is 26.0 Å². The van der Waals surface area contributed by atoms with Crippen molar-refractivity contribution in [2.75, 3.05) is 36.5 Å². The number of hydrogen-bond acceptors (Lipinski definition) is 6. The zero-order chi connectivity index (χ0) is 24.3. The Morgan fingerprint density at radius 1 is 0.971 bits per heavy atom. The Kier molecular flexibility index (Phi) is 6.56. The Morgan fingerprint density at radius 3 is 2.38 bits per heavy atom. The molecule has 0 saturated heterocycles. The Morgan fingerprint density at radius 2 is 1.65 bits per heavy atom. The van der Waals surface area contributed by atoms with Crippen LogP contribution in [0.25, 0.3) is 0 Å².